The molecule has 1 atom stereocenters. The van der Waals surface area contributed by atoms with Crippen molar-refractivity contribution in [2.75, 3.05) is 53.0 Å². The monoisotopic (exact) mass is 428 g/mol. The molecule has 0 aromatic heterocycles. The molecule has 170 valence electrons. The first-order valence-electron chi connectivity index (χ1n) is 10.8. The van der Waals surface area contributed by atoms with Crippen molar-refractivity contribution in [1.29, 1.82) is 0 Å². The molecule has 1 unspecified atom stereocenters. The van der Waals surface area contributed by atoms with Gasteiger partial charge in [-0.1, -0.05) is 6.07 Å². The summed E-state index contributed by atoms with van der Waals surface area (Å²) in [6, 6.07) is 5.60. The zero-order valence-corrected chi connectivity index (χ0v) is 17.7. The topological polar surface area (TPSA) is 65.4 Å². The molecule has 1 aromatic rings. The summed E-state index contributed by atoms with van der Waals surface area (Å²) < 4.78 is 37.9. The third kappa shape index (κ3) is 6.77. The van der Waals surface area contributed by atoms with Gasteiger partial charge in [0.25, 0.3) is 5.92 Å². The van der Waals surface area contributed by atoms with Gasteiger partial charge in [0.1, 0.15) is 12.7 Å². The Hall–Kier alpha value is -1.48. The number of aliphatic hydroxyl groups is 2. The zero-order valence-electron chi connectivity index (χ0n) is 17.7. The number of aliphatic hydroxyl groups excluding tert-OH is 2. The minimum absolute atomic E-state index is 0.103. The minimum Gasteiger partial charge on any atom is -0.493 e. The summed E-state index contributed by atoms with van der Waals surface area (Å²) in [5.41, 5.74) is 0.969. The zero-order chi connectivity index (χ0) is 21.6. The summed E-state index contributed by atoms with van der Waals surface area (Å²) in [6.45, 7) is 3.99. The Morgan fingerprint density at radius 1 is 1.10 bits per heavy atom. The smallest absolute Gasteiger partial charge is 0.250 e. The van der Waals surface area contributed by atoms with Crippen LogP contribution in [0.1, 0.15) is 31.2 Å². The number of hydrogen-bond acceptors (Lipinski definition) is 6. The van der Waals surface area contributed by atoms with E-state index in [1.54, 1.807) is 7.11 Å². The highest BCUT2D eigenvalue weighted by atomic mass is 19.3. The van der Waals surface area contributed by atoms with Crippen molar-refractivity contribution in [3.05, 3.63) is 23.8 Å². The molecule has 0 amide bonds. The number of hydrogen-bond donors (Lipinski definition) is 2. The Morgan fingerprint density at radius 3 is 2.43 bits per heavy atom. The van der Waals surface area contributed by atoms with Crippen LogP contribution < -0.4 is 9.47 Å². The third-order valence-electron chi connectivity index (χ3n) is 6.09. The van der Waals surface area contributed by atoms with Crippen molar-refractivity contribution in [2.24, 2.45) is 5.92 Å². The van der Waals surface area contributed by atoms with E-state index in [9.17, 15) is 19.0 Å². The summed E-state index contributed by atoms with van der Waals surface area (Å²) >= 11 is 0. The fourth-order valence-corrected chi connectivity index (χ4v) is 4.12. The molecule has 6 nitrogen and oxygen atoms in total. The van der Waals surface area contributed by atoms with Gasteiger partial charge >= 0.3 is 0 Å². The van der Waals surface area contributed by atoms with Gasteiger partial charge in [0.15, 0.2) is 11.5 Å². The van der Waals surface area contributed by atoms with Gasteiger partial charge in [0, 0.05) is 45.6 Å². The summed E-state index contributed by atoms with van der Waals surface area (Å²) in [6.07, 6.45) is 1.06. The maximum Gasteiger partial charge on any atom is 0.250 e. The predicted octanol–water partition coefficient (Wildman–Crippen LogP) is 2.37. The lowest BCUT2D eigenvalue weighted by Gasteiger charge is -2.32. The second kappa shape index (κ2) is 10.7. The van der Waals surface area contributed by atoms with Crippen LogP contribution in [-0.2, 0) is 6.54 Å². The van der Waals surface area contributed by atoms with Crippen LogP contribution in [-0.4, -0.2) is 85.1 Å². The van der Waals surface area contributed by atoms with Crippen LogP contribution in [0, 0.1) is 5.92 Å². The number of β-amino-alcohol motifs (C(OH)–C–C–N with tert-alkyl or cyclic N) is 1. The van der Waals surface area contributed by atoms with E-state index in [1.165, 1.54) is 0 Å². The SMILES string of the molecule is COc1ccc(CN2CCC(F)(F)CC2)cc1OCC(O)CN1CCC(CO)CC1. The number of methoxy groups -OCH3 is 1. The highest BCUT2D eigenvalue weighted by Crippen LogP contribution is 2.31. The molecule has 30 heavy (non-hydrogen) atoms. The highest BCUT2D eigenvalue weighted by molar-refractivity contribution is 5.43. The molecule has 2 aliphatic heterocycles. The second-order valence-corrected chi connectivity index (χ2v) is 8.51. The molecule has 0 spiro atoms. The standard InChI is InChI=1S/C22H34F2N2O4/c1-29-20-3-2-18(13-26-10-6-22(23,24)7-11-26)12-21(20)30-16-19(28)14-25-8-4-17(15-27)5-9-25/h2-3,12,17,19,27-28H,4-11,13-16H2,1H3. The Kier molecular flexibility index (Phi) is 8.27. The van der Waals surface area contributed by atoms with Gasteiger partial charge in [-0.3, -0.25) is 4.90 Å². The van der Waals surface area contributed by atoms with E-state index < -0.39 is 12.0 Å². The van der Waals surface area contributed by atoms with Gasteiger partial charge in [0.2, 0.25) is 0 Å². The molecule has 2 heterocycles. The molecule has 2 fully saturated rings. The van der Waals surface area contributed by atoms with Crippen molar-refractivity contribution in [3.63, 3.8) is 0 Å². The average molecular weight is 429 g/mol. The van der Waals surface area contributed by atoms with Crippen molar-refractivity contribution < 1.29 is 28.5 Å². The quantitative estimate of drug-likeness (QED) is 0.630. The summed E-state index contributed by atoms with van der Waals surface area (Å²) in [5, 5.41) is 19.6. The van der Waals surface area contributed by atoms with Crippen LogP contribution in [0.15, 0.2) is 18.2 Å². The molecule has 0 aliphatic carbocycles. The van der Waals surface area contributed by atoms with E-state index in [2.05, 4.69) is 4.90 Å². The molecule has 2 N–H and O–H groups in total. The van der Waals surface area contributed by atoms with Crippen LogP contribution in [0.2, 0.25) is 0 Å². The lowest BCUT2D eigenvalue weighted by Crippen LogP contribution is -2.41. The fourth-order valence-electron chi connectivity index (χ4n) is 4.12. The van der Waals surface area contributed by atoms with Gasteiger partial charge in [-0.25, -0.2) is 8.78 Å². The Labute approximate surface area is 177 Å². The maximum atomic E-state index is 13.4. The Bertz CT molecular complexity index is 659. The molecular formula is C22H34F2N2O4. The van der Waals surface area contributed by atoms with Gasteiger partial charge in [-0.2, -0.15) is 0 Å². The van der Waals surface area contributed by atoms with E-state index >= 15 is 0 Å². The van der Waals surface area contributed by atoms with E-state index in [1.807, 2.05) is 23.1 Å². The van der Waals surface area contributed by atoms with E-state index in [-0.39, 0.29) is 26.1 Å². The van der Waals surface area contributed by atoms with Crippen LogP contribution in [0.4, 0.5) is 8.78 Å². The summed E-state index contributed by atoms with van der Waals surface area (Å²) in [7, 11) is 1.57. The van der Waals surface area contributed by atoms with Gasteiger partial charge < -0.3 is 24.6 Å². The third-order valence-corrected chi connectivity index (χ3v) is 6.09. The Balaban J connectivity index is 1.50. The molecule has 0 bridgehead atoms. The Morgan fingerprint density at radius 2 is 1.80 bits per heavy atom. The molecule has 0 saturated carbocycles. The minimum atomic E-state index is -2.55. The second-order valence-electron chi connectivity index (χ2n) is 8.51. The number of alkyl halides is 2. The van der Waals surface area contributed by atoms with Crippen LogP contribution >= 0.6 is 0 Å². The normalized spacial score (nSPS) is 22.0. The van der Waals surface area contributed by atoms with E-state index in [0.29, 0.717) is 43.6 Å². The molecule has 3 rings (SSSR count). The first-order chi connectivity index (χ1) is 14.4. The highest BCUT2D eigenvalue weighted by Gasteiger charge is 2.33. The van der Waals surface area contributed by atoms with Crippen LogP contribution in [0.3, 0.4) is 0 Å². The lowest BCUT2D eigenvalue weighted by molar-refractivity contribution is -0.0566. The van der Waals surface area contributed by atoms with Crippen molar-refractivity contribution in [3.8, 4) is 11.5 Å². The molecule has 2 saturated heterocycles. The number of likely N-dealkylation sites (tertiary alicyclic amines) is 2. The fraction of sp³-hybridized carbons (Fsp3) is 0.727. The predicted molar refractivity (Wildman–Crippen MR) is 110 cm³/mol. The first kappa shape index (κ1) is 23.2. The first-order valence-corrected chi connectivity index (χ1v) is 10.8. The number of nitrogens with zero attached hydrogens (tertiary/aromatic N) is 2. The number of rotatable bonds is 9. The van der Waals surface area contributed by atoms with E-state index in [4.69, 9.17) is 9.47 Å². The molecule has 2 aliphatic rings. The summed E-state index contributed by atoms with van der Waals surface area (Å²) in [5.74, 6) is -1.04. The largest absolute Gasteiger partial charge is 0.493 e. The number of ether oxygens (including phenoxy) is 2. The van der Waals surface area contributed by atoms with Gasteiger partial charge in [-0.05, 0) is 49.5 Å². The molecule has 8 heteroatoms. The molecular weight excluding hydrogens is 394 g/mol. The summed E-state index contributed by atoms with van der Waals surface area (Å²) in [4.78, 5) is 4.22. The molecule has 1 aromatic carbocycles. The number of halogens is 2. The van der Waals surface area contributed by atoms with Crippen molar-refractivity contribution in [1.82, 2.24) is 9.80 Å². The average Bonchev–Trinajstić information content (AvgIpc) is 2.74. The van der Waals surface area contributed by atoms with Gasteiger partial charge in [0.05, 0.1) is 7.11 Å². The van der Waals surface area contributed by atoms with Crippen LogP contribution in [0.5, 0.6) is 11.5 Å². The number of piperidine rings is 2. The number of benzene rings is 1. The lowest BCUT2D eigenvalue weighted by atomic mass is 9.98. The van der Waals surface area contributed by atoms with Gasteiger partial charge in [-0.15, -0.1) is 0 Å². The van der Waals surface area contributed by atoms with Crippen molar-refractivity contribution in [2.45, 2.75) is 44.3 Å². The van der Waals surface area contributed by atoms with Crippen LogP contribution in [0.25, 0.3) is 0 Å². The van der Waals surface area contributed by atoms with E-state index in [0.717, 1.165) is 31.5 Å². The van der Waals surface area contributed by atoms with Crippen molar-refractivity contribution >= 4 is 0 Å². The molecule has 0 radical (unpaired) electrons. The maximum absolute atomic E-state index is 13.4.